The Morgan fingerprint density at radius 1 is 1.14 bits per heavy atom. The second-order valence-corrected chi connectivity index (χ2v) is 9.89. The summed E-state index contributed by atoms with van der Waals surface area (Å²) in [5, 5.41) is 3.51. The topological polar surface area (TPSA) is 75.7 Å². The maximum Gasteiger partial charge on any atom is 0.243 e. The molecule has 1 heterocycles. The fraction of sp³-hybridized carbons (Fsp3) is 0.381. The fourth-order valence-electron chi connectivity index (χ4n) is 3.69. The van der Waals surface area contributed by atoms with Gasteiger partial charge in [0.05, 0.1) is 23.5 Å². The van der Waals surface area contributed by atoms with Gasteiger partial charge < -0.3 is 10.1 Å². The zero-order chi connectivity index (χ0) is 20.6. The van der Waals surface area contributed by atoms with Crippen molar-refractivity contribution in [3.8, 4) is 0 Å². The molecule has 0 spiro atoms. The normalized spacial score (nSPS) is 19.0. The molecule has 6 nitrogen and oxygen atoms in total. The zero-order valence-corrected chi connectivity index (χ0v) is 17.7. The number of ether oxygens (including phenoxy) is 1. The molecule has 1 N–H and O–H groups in total. The summed E-state index contributed by atoms with van der Waals surface area (Å²) in [7, 11) is -3.64. The van der Waals surface area contributed by atoms with E-state index in [1.54, 1.807) is 31.2 Å². The quantitative estimate of drug-likeness (QED) is 0.783. The molecule has 0 bridgehead atoms. The number of anilines is 1. The molecule has 1 saturated carbocycles. The summed E-state index contributed by atoms with van der Waals surface area (Å²) in [6.45, 7) is 3.19. The van der Waals surface area contributed by atoms with Gasteiger partial charge >= 0.3 is 0 Å². The van der Waals surface area contributed by atoms with E-state index in [9.17, 15) is 13.2 Å². The number of rotatable bonds is 5. The van der Waals surface area contributed by atoms with E-state index in [1.165, 1.54) is 4.31 Å². The first kappa shape index (κ1) is 20.3. The van der Waals surface area contributed by atoms with Crippen LogP contribution in [0.4, 0.5) is 5.69 Å². The van der Waals surface area contributed by atoms with Gasteiger partial charge in [0, 0.05) is 23.8 Å². The van der Waals surface area contributed by atoms with Crippen LogP contribution in [0.3, 0.4) is 0 Å². The Labute approximate surface area is 175 Å². The number of carbonyl (C=O) groups is 1. The molecule has 2 aromatic carbocycles. The van der Waals surface area contributed by atoms with Crippen LogP contribution in [0.5, 0.6) is 0 Å². The average Bonchev–Trinajstić information content (AvgIpc) is 3.52. The highest BCUT2D eigenvalue weighted by Gasteiger charge is 2.51. The van der Waals surface area contributed by atoms with Crippen LogP contribution < -0.4 is 5.32 Å². The number of hydrogen-bond acceptors (Lipinski definition) is 4. The predicted octanol–water partition coefficient (Wildman–Crippen LogP) is 3.34. The molecule has 2 aromatic rings. The van der Waals surface area contributed by atoms with E-state index >= 15 is 0 Å². The molecule has 1 saturated heterocycles. The standard InChI is InChI=1S/C21H23ClN2O4S/c1-15-5-6-18(14-19(15)29(26,27)24-9-11-28-12-10-24)23-20(25)21(7-8-21)16-3-2-4-17(22)13-16/h2-6,13-14H,7-12H2,1H3,(H,23,25). The zero-order valence-electron chi connectivity index (χ0n) is 16.2. The first-order valence-corrected chi connectivity index (χ1v) is 11.4. The van der Waals surface area contributed by atoms with E-state index in [0.717, 1.165) is 18.4 Å². The van der Waals surface area contributed by atoms with Gasteiger partial charge in [-0.1, -0.05) is 29.8 Å². The molecule has 2 fully saturated rings. The van der Waals surface area contributed by atoms with Gasteiger partial charge in [-0.25, -0.2) is 8.42 Å². The number of morpholine rings is 1. The van der Waals surface area contributed by atoms with Crippen molar-refractivity contribution in [1.82, 2.24) is 4.31 Å². The highest BCUT2D eigenvalue weighted by atomic mass is 35.5. The van der Waals surface area contributed by atoms with Crippen LogP contribution in [0, 0.1) is 6.92 Å². The van der Waals surface area contributed by atoms with Gasteiger partial charge in [0.2, 0.25) is 15.9 Å². The molecule has 1 aliphatic carbocycles. The van der Waals surface area contributed by atoms with E-state index in [0.29, 0.717) is 42.6 Å². The minimum atomic E-state index is -3.64. The van der Waals surface area contributed by atoms with Crippen molar-refractivity contribution in [2.45, 2.75) is 30.1 Å². The second kappa shape index (κ2) is 7.72. The van der Waals surface area contributed by atoms with Crippen LogP contribution in [0.1, 0.15) is 24.0 Å². The van der Waals surface area contributed by atoms with Crippen LogP contribution in [-0.2, 0) is 25.0 Å². The maximum atomic E-state index is 13.1. The molecule has 154 valence electrons. The van der Waals surface area contributed by atoms with Crippen LogP contribution in [0.15, 0.2) is 47.4 Å². The Balaban J connectivity index is 1.59. The van der Waals surface area contributed by atoms with E-state index < -0.39 is 15.4 Å². The Morgan fingerprint density at radius 3 is 2.52 bits per heavy atom. The number of carbonyl (C=O) groups excluding carboxylic acids is 1. The van der Waals surface area contributed by atoms with Gasteiger partial charge in [-0.15, -0.1) is 0 Å². The van der Waals surface area contributed by atoms with E-state index in [2.05, 4.69) is 5.32 Å². The van der Waals surface area contributed by atoms with Gasteiger partial charge in [0.15, 0.2) is 0 Å². The molecule has 4 rings (SSSR count). The number of amides is 1. The summed E-state index contributed by atoms with van der Waals surface area (Å²) in [4.78, 5) is 13.2. The molecule has 0 aromatic heterocycles. The Hall–Kier alpha value is -1.93. The Morgan fingerprint density at radius 2 is 1.86 bits per heavy atom. The van der Waals surface area contributed by atoms with E-state index in [4.69, 9.17) is 16.3 Å². The largest absolute Gasteiger partial charge is 0.379 e. The molecular formula is C21H23ClN2O4S. The predicted molar refractivity (Wildman–Crippen MR) is 112 cm³/mol. The van der Waals surface area contributed by atoms with Crippen LogP contribution in [-0.4, -0.2) is 44.9 Å². The molecule has 29 heavy (non-hydrogen) atoms. The van der Waals surface area contributed by atoms with Crippen LogP contribution in [0.25, 0.3) is 0 Å². The SMILES string of the molecule is Cc1ccc(NC(=O)C2(c3cccc(Cl)c3)CC2)cc1S(=O)(=O)N1CCOCC1. The number of halogens is 1. The van der Waals surface area contributed by atoms with Gasteiger partial charge in [-0.3, -0.25) is 4.79 Å². The van der Waals surface area contributed by atoms with E-state index in [-0.39, 0.29) is 10.8 Å². The molecule has 1 aliphatic heterocycles. The van der Waals surface area contributed by atoms with Crippen molar-refractivity contribution in [3.05, 3.63) is 58.6 Å². The van der Waals surface area contributed by atoms with Crippen molar-refractivity contribution in [2.24, 2.45) is 0 Å². The smallest absolute Gasteiger partial charge is 0.243 e. The molecule has 0 radical (unpaired) electrons. The number of benzene rings is 2. The first-order valence-electron chi connectivity index (χ1n) is 9.59. The minimum Gasteiger partial charge on any atom is -0.379 e. The molecule has 0 unspecified atom stereocenters. The van der Waals surface area contributed by atoms with Crippen LogP contribution >= 0.6 is 11.6 Å². The molecular weight excluding hydrogens is 412 g/mol. The van der Waals surface area contributed by atoms with Crippen molar-refractivity contribution in [3.63, 3.8) is 0 Å². The summed E-state index contributed by atoms with van der Waals surface area (Å²) in [6, 6.07) is 12.3. The summed E-state index contributed by atoms with van der Waals surface area (Å²) >= 11 is 6.09. The number of nitrogens with zero attached hydrogens (tertiary/aromatic N) is 1. The summed E-state index contributed by atoms with van der Waals surface area (Å²) in [5.74, 6) is -0.140. The number of sulfonamides is 1. The summed E-state index contributed by atoms with van der Waals surface area (Å²) < 4.78 is 32.8. The summed E-state index contributed by atoms with van der Waals surface area (Å²) in [6.07, 6.45) is 1.48. The van der Waals surface area contributed by atoms with E-state index in [1.807, 2.05) is 18.2 Å². The highest BCUT2D eigenvalue weighted by Crippen LogP contribution is 2.49. The lowest BCUT2D eigenvalue weighted by Gasteiger charge is -2.27. The third-order valence-electron chi connectivity index (χ3n) is 5.60. The van der Waals surface area contributed by atoms with Gasteiger partial charge in [0.25, 0.3) is 0 Å². The summed E-state index contributed by atoms with van der Waals surface area (Å²) in [5.41, 5.74) is 1.40. The monoisotopic (exact) mass is 434 g/mol. The first-order chi connectivity index (χ1) is 13.8. The highest BCUT2D eigenvalue weighted by molar-refractivity contribution is 7.89. The lowest BCUT2D eigenvalue weighted by Crippen LogP contribution is -2.40. The van der Waals surface area contributed by atoms with Crippen molar-refractivity contribution in [2.75, 3.05) is 31.6 Å². The lowest BCUT2D eigenvalue weighted by molar-refractivity contribution is -0.118. The van der Waals surface area contributed by atoms with Crippen molar-refractivity contribution < 1.29 is 17.9 Å². The molecule has 2 aliphatic rings. The van der Waals surface area contributed by atoms with Crippen molar-refractivity contribution in [1.29, 1.82) is 0 Å². The maximum absolute atomic E-state index is 13.1. The lowest BCUT2D eigenvalue weighted by atomic mass is 9.95. The molecule has 8 heteroatoms. The number of hydrogen-bond donors (Lipinski definition) is 1. The van der Waals surface area contributed by atoms with Gasteiger partial charge in [-0.05, 0) is 55.2 Å². The Bertz CT molecular complexity index is 1040. The second-order valence-electron chi connectivity index (χ2n) is 7.54. The van der Waals surface area contributed by atoms with Crippen LogP contribution in [0.2, 0.25) is 5.02 Å². The molecule has 0 atom stereocenters. The van der Waals surface area contributed by atoms with Gasteiger partial charge in [0.1, 0.15) is 0 Å². The Kier molecular flexibility index (Phi) is 5.42. The van der Waals surface area contributed by atoms with Crippen molar-refractivity contribution >= 4 is 33.2 Å². The number of nitrogens with one attached hydrogen (secondary N) is 1. The molecule has 1 amide bonds. The fourth-order valence-corrected chi connectivity index (χ4v) is 5.54. The third-order valence-corrected chi connectivity index (χ3v) is 7.87. The third kappa shape index (κ3) is 3.92. The average molecular weight is 435 g/mol. The minimum absolute atomic E-state index is 0.140. The number of aryl methyl sites for hydroxylation is 1. The van der Waals surface area contributed by atoms with Gasteiger partial charge in [-0.2, -0.15) is 4.31 Å².